The van der Waals surface area contributed by atoms with Gasteiger partial charge in [-0.3, -0.25) is 28.7 Å². The van der Waals surface area contributed by atoms with Crippen molar-refractivity contribution in [3.05, 3.63) is 100 Å². The summed E-state index contributed by atoms with van der Waals surface area (Å²) in [6.45, 7) is 4.82. The highest BCUT2D eigenvalue weighted by atomic mass is 32.1. The van der Waals surface area contributed by atoms with E-state index in [0.29, 0.717) is 72.8 Å². The van der Waals surface area contributed by atoms with Crippen LogP contribution in [0.15, 0.2) is 78.9 Å². The lowest BCUT2D eigenvalue weighted by Gasteiger charge is -2.39. The van der Waals surface area contributed by atoms with Gasteiger partial charge in [0.05, 0.1) is 35.6 Å². The molecule has 3 N–H and O–H groups in total. The Morgan fingerprint density at radius 2 is 1.80 bits per heavy atom. The monoisotopic (exact) mass is 909 g/mol. The normalized spacial score (nSPS) is 19.4. The van der Waals surface area contributed by atoms with E-state index in [-0.39, 0.29) is 60.2 Å². The van der Waals surface area contributed by atoms with Crippen molar-refractivity contribution in [2.45, 2.75) is 76.2 Å². The van der Waals surface area contributed by atoms with Crippen molar-refractivity contribution in [2.75, 3.05) is 51.1 Å². The van der Waals surface area contributed by atoms with E-state index in [1.807, 2.05) is 56.3 Å². The summed E-state index contributed by atoms with van der Waals surface area (Å²) in [5, 5.41) is 9.51. The Kier molecular flexibility index (Phi) is 12.6. The molecule has 3 fully saturated rings. The summed E-state index contributed by atoms with van der Waals surface area (Å²) < 4.78 is 38.1. The topological polar surface area (TPSA) is 166 Å². The maximum atomic E-state index is 13.6. The Balaban J connectivity index is 0.821. The molecule has 3 aliphatic heterocycles. The third-order valence-electron chi connectivity index (χ3n) is 12.2. The summed E-state index contributed by atoms with van der Waals surface area (Å²) >= 11 is 1.48. The van der Waals surface area contributed by atoms with Crippen LogP contribution < -0.4 is 30.3 Å². The van der Waals surface area contributed by atoms with E-state index in [4.69, 9.17) is 4.98 Å². The first-order valence-electron chi connectivity index (χ1n) is 21.5. The van der Waals surface area contributed by atoms with Crippen molar-refractivity contribution >= 4 is 57.5 Å². The predicted octanol–water partition coefficient (Wildman–Crippen LogP) is 5.43. The van der Waals surface area contributed by atoms with E-state index in [1.165, 1.54) is 23.5 Å². The fourth-order valence-corrected chi connectivity index (χ4v) is 9.39. The fourth-order valence-electron chi connectivity index (χ4n) is 8.37. The van der Waals surface area contributed by atoms with Crippen LogP contribution in [0.4, 0.5) is 19.6 Å². The van der Waals surface area contributed by atoms with Gasteiger partial charge in [0.15, 0.2) is 18.2 Å². The molecule has 5 amide bonds. The van der Waals surface area contributed by atoms with Crippen LogP contribution in [0.1, 0.15) is 65.4 Å². The van der Waals surface area contributed by atoms with Crippen LogP contribution in [-0.2, 0) is 31.0 Å². The van der Waals surface area contributed by atoms with Crippen LogP contribution in [0.2, 0.25) is 0 Å². The van der Waals surface area contributed by atoms with E-state index < -0.39 is 17.8 Å². The van der Waals surface area contributed by atoms with Gasteiger partial charge in [-0.1, -0.05) is 30.3 Å². The Morgan fingerprint density at radius 3 is 2.57 bits per heavy atom. The number of carbonyl (C=O) groups excluding carboxylic acids is 5. The zero-order valence-corrected chi connectivity index (χ0v) is 37.6. The van der Waals surface area contributed by atoms with Crippen LogP contribution in [-0.4, -0.2) is 114 Å². The summed E-state index contributed by atoms with van der Waals surface area (Å²) in [7, 11) is 5.61. The first-order chi connectivity index (χ1) is 31.0. The average Bonchev–Trinajstić information content (AvgIpc) is 3.66. The number of amides is 5. The number of nitrogens with one attached hydrogen (secondary N) is 3. The van der Waals surface area contributed by atoms with Crippen molar-refractivity contribution in [3.8, 4) is 22.8 Å². The lowest BCUT2D eigenvalue weighted by molar-refractivity contribution is -0.502. The van der Waals surface area contributed by atoms with E-state index in [9.17, 15) is 32.8 Å². The molecular weight excluding hydrogens is 859 g/mol. The number of likely N-dealkylation sites (N-methyl/N-ethyl adjacent to an activating group) is 1. The summed E-state index contributed by atoms with van der Waals surface area (Å²) in [6.07, 6.45) is 2.80. The lowest BCUT2D eigenvalue weighted by Crippen LogP contribution is -2.58. The van der Waals surface area contributed by atoms with Crippen molar-refractivity contribution in [3.63, 3.8) is 0 Å². The molecule has 18 heteroatoms. The molecule has 1 saturated carbocycles. The molecule has 1 aliphatic carbocycles. The number of hydrogen-bond acceptors (Lipinski definition) is 10. The molecule has 8 rings (SSSR count). The Hall–Kier alpha value is -6.53. The molecule has 2 aromatic heterocycles. The van der Waals surface area contributed by atoms with Gasteiger partial charge in [-0.25, -0.2) is 15.1 Å². The highest BCUT2D eigenvalue weighted by Gasteiger charge is 2.53. The molecule has 15 nitrogen and oxygen atoms in total. The minimum atomic E-state index is -3.76. The van der Waals surface area contributed by atoms with E-state index in [2.05, 4.69) is 25.4 Å². The van der Waals surface area contributed by atoms with Gasteiger partial charge in [-0.05, 0) is 107 Å². The van der Waals surface area contributed by atoms with Gasteiger partial charge in [0.2, 0.25) is 23.6 Å². The van der Waals surface area contributed by atoms with Crippen molar-refractivity contribution in [1.29, 1.82) is 0 Å². The van der Waals surface area contributed by atoms with Crippen molar-refractivity contribution in [2.24, 2.45) is 0 Å². The Bertz CT molecular complexity index is 2630. The standard InChI is InChI=1S/C47H50F2N8O7S/c1-28-11-18-38(53-45(62)46(21-22-46)32-12-17-36-37(25-32)64-47(48,49)63-36)52-42(28)30-8-6-9-31(24-30)43(60)50-27-55(5)29(2)51-39(58)19-14-34-15-20-41(65-34)56-26-33-13-16-35(44(56)61)57(33)40(59)10-7-23-54(3)4/h6-12,15,17-18,20,24-25,33,35H,13-14,16,19,21-23,26-27H2,1-5H3,(H2,50,52,53,60,62)/p+1/b10-7+. The molecule has 65 heavy (non-hydrogen) atoms. The largest absolute Gasteiger partial charge is 0.586 e. The smallest absolute Gasteiger partial charge is 0.395 e. The van der Waals surface area contributed by atoms with Crippen molar-refractivity contribution in [1.82, 2.24) is 25.4 Å². The van der Waals surface area contributed by atoms with Gasteiger partial charge >= 0.3 is 12.2 Å². The van der Waals surface area contributed by atoms with Gasteiger partial charge in [0, 0.05) is 42.1 Å². The van der Waals surface area contributed by atoms with E-state index >= 15 is 0 Å². The fraction of sp³-hybridized carbons (Fsp3) is 0.383. The number of pyridine rings is 1. The average molecular weight is 910 g/mol. The second-order valence-electron chi connectivity index (χ2n) is 17.1. The number of amidine groups is 1. The number of aromatic nitrogens is 1. The molecule has 4 aliphatic rings. The molecule has 5 heterocycles. The highest BCUT2D eigenvalue weighted by Crippen LogP contribution is 2.52. The number of carbonyl (C=O) groups is 5. The van der Waals surface area contributed by atoms with Crippen LogP contribution in [0, 0.1) is 6.92 Å². The molecule has 2 saturated heterocycles. The molecule has 2 unspecified atom stereocenters. The number of fused-ring (bicyclic) bond motifs is 3. The second-order valence-corrected chi connectivity index (χ2v) is 18.3. The quantitative estimate of drug-likeness (QED) is 0.0492. The Morgan fingerprint density at radius 1 is 1.02 bits per heavy atom. The molecule has 0 radical (unpaired) electrons. The SMILES string of the molecule is CC(NC(=O)CCc1ccc(N2CC3CCC(C2=O)N3C(=O)/C=C/CN(C)C)s1)=[N+](C)CNC(=O)c1cccc(-c2nc(NC(=O)C3(c4ccc5c(c4)OC(F)(F)O5)CC3)ccc2C)c1. The number of aryl methyl sites for hydroxylation is 2. The minimum absolute atomic E-state index is 0.0352. The predicted molar refractivity (Wildman–Crippen MR) is 240 cm³/mol. The number of halogens is 2. The van der Waals surface area contributed by atoms with Gasteiger partial charge in [0.1, 0.15) is 11.9 Å². The van der Waals surface area contributed by atoms with Crippen molar-refractivity contribution < 1.29 is 46.8 Å². The number of hydrogen-bond donors (Lipinski definition) is 3. The van der Waals surface area contributed by atoms with Gasteiger partial charge < -0.3 is 29.9 Å². The zero-order chi connectivity index (χ0) is 46.2. The molecule has 2 aromatic carbocycles. The first-order valence-corrected chi connectivity index (χ1v) is 22.3. The molecule has 2 atom stereocenters. The first kappa shape index (κ1) is 45.1. The number of rotatable bonds is 14. The summed E-state index contributed by atoms with van der Waals surface area (Å²) in [4.78, 5) is 77.6. The summed E-state index contributed by atoms with van der Waals surface area (Å²) in [6, 6.07) is 18.2. The number of thiophene rings is 1. The molecule has 340 valence electrons. The second kappa shape index (κ2) is 18.2. The number of benzene rings is 2. The van der Waals surface area contributed by atoms with Gasteiger partial charge in [0.25, 0.3) is 5.91 Å². The van der Waals surface area contributed by atoms with Crippen LogP contribution in [0.25, 0.3) is 11.3 Å². The maximum Gasteiger partial charge on any atom is 0.586 e. The number of piperazine rings is 1. The molecule has 2 bridgehead atoms. The van der Waals surface area contributed by atoms with Gasteiger partial charge in [-0.15, -0.1) is 20.1 Å². The molecule has 0 spiro atoms. The zero-order valence-electron chi connectivity index (χ0n) is 36.8. The number of ether oxygens (including phenoxy) is 2. The summed E-state index contributed by atoms with van der Waals surface area (Å²) in [5.74, 6) is -0.427. The van der Waals surface area contributed by atoms with Crippen LogP contribution in [0.5, 0.6) is 11.5 Å². The third-order valence-corrected chi connectivity index (χ3v) is 13.4. The maximum absolute atomic E-state index is 13.6. The van der Waals surface area contributed by atoms with E-state index in [0.717, 1.165) is 21.9 Å². The van der Waals surface area contributed by atoms with Crippen LogP contribution >= 0.6 is 11.3 Å². The van der Waals surface area contributed by atoms with Gasteiger partial charge in [-0.2, -0.15) is 0 Å². The van der Waals surface area contributed by atoms with E-state index in [1.54, 1.807) is 64.8 Å². The highest BCUT2D eigenvalue weighted by molar-refractivity contribution is 7.16. The van der Waals surface area contributed by atoms with Crippen LogP contribution in [0.3, 0.4) is 0 Å². The summed E-state index contributed by atoms with van der Waals surface area (Å²) in [5.41, 5.74) is 2.03. The number of anilines is 2. The Labute approximate surface area is 379 Å². The number of nitrogens with zero attached hydrogens (tertiary/aromatic N) is 5. The third kappa shape index (κ3) is 9.78. The minimum Gasteiger partial charge on any atom is -0.395 e. The lowest BCUT2D eigenvalue weighted by atomic mass is 9.94. The number of alkyl halides is 2. The molecule has 4 aromatic rings. The molecular formula is C47H51F2N8O7S+.